The van der Waals surface area contributed by atoms with E-state index in [4.69, 9.17) is 5.26 Å². The van der Waals surface area contributed by atoms with Crippen LogP contribution in [0.3, 0.4) is 0 Å². The van der Waals surface area contributed by atoms with Gasteiger partial charge in [0.25, 0.3) is 0 Å². The summed E-state index contributed by atoms with van der Waals surface area (Å²) in [5.74, 6) is 1.41. The smallest absolute Gasteiger partial charge is 0.222 e. The zero-order valence-corrected chi connectivity index (χ0v) is 13.9. The molecule has 1 saturated heterocycles. The minimum atomic E-state index is 0.186. The van der Waals surface area contributed by atoms with Crippen molar-refractivity contribution in [2.45, 2.75) is 31.6 Å². The van der Waals surface area contributed by atoms with Crippen molar-refractivity contribution >= 4 is 5.91 Å². The molecule has 1 aromatic heterocycles. The monoisotopic (exact) mass is 323 g/mol. The maximum absolute atomic E-state index is 12.5. The van der Waals surface area contributed by atoms with E-state index in [1.54, 1.807) is 18.5 Å². The van der Waals surface area contributed by atoms with Crippen LogP contribution in [0.25, 0.3) is 0 Å². The molecule has 6 nitrogen and oxygen atoms in total. The number of piperidine rings is 1. The Labute approximate surface area is 141 Å². The Morgan fingerprint density at radius 3 is 2.83 bits per heavy atom. The lowest BCUT2D eigenvalue weighted by Gasteiger charge is -2.32. The van der Waals surface area contributed by atoms with Crippen molar-refractivity contribution in [3.05, 3.63) is 47.5 Å². The van der Waals surface area contributed by atoms with Gasteiger partial charge in [0, 0.05) is 32.5 Å². The first kappa shape index (κ1) is 16.2. The van der Waals surface area contributed by atoms with E-state index >= 15 is 0 Å². The molecule has 0 spiro atoms. The highest BCUT2D eigenvalue weighted by Crippen LogP contribution is 2.25. The van der Waals surface area contributed by atoms with Crippen molar-refractivity contribution in [1.82, 2.24) is 19.7 Å². The topological polar surface area (TPSA) is 74.8 Å². The second-order valence-electron chi connectivity index (χ2n) is 6.29. The molecule has 6 heteroatoms. The minimum Gasteiger partial charge on any atom is -0.342 e. The molecule has 0 radical (unpaired) electrons. The number of nitrogens with zero attached hydrogens (tertiary/aromatic N) is 5. The highest BCUT2D eigenvalue weighted by Gasteiger charge is 2.27. The molecule has 0 saturated carbocycles. The maximum Gasteiger partial charge on any atom is 0.222 e. The molecule has 1 aliphatic rings. The van der Waals surface area contributed by atoms with Crippen LogP contribution in [0, 0.1) is 11.3 Å². The van der Waals surface area contributed by atoms with Crippen molar-refractivity contribution in [2.24, 2.45) is 7.05 Å². The van der Waals surface area contributed by atoms with Gasteiger partial charge in [-0.3, -0.25) is 4.79 Å². The average Bonchev–Trinajstić information content (AvgIpc) is 3.06. The fourth-order valence-corrected chi connectivity index (χ4v) is 3.23. The quantitative estimate of drug-likeness (QED) is 0.863. The Balaban J connectivity index is 1.56. The van der Waals surface area contributed by atoms with E-state index in [9.17, 15) is 4.79 Å². The third-order valence-corrected chi connectivity index (χ3v) is 4.60. The summed E-state index contributed by atoms with van der Waals surface area (Å²) in [6.45, 7) is 1.54. The molecule has 1 atom stereocenters. The number of aromatic nitrogens is 3. The van der Waals surface area contributed by atoms with Crippen molar-refractivity contribution in [1.29, 1.82) is 5.26 Å². The van der Waals surface area contributed by atoms with Crippen molar-refractivity contribution < 1.29 is 4.79 Å². The van der Waals surface area contributed by atoms with Crippen LogP contribution in [0.1, 0.15) is 42.1 Å². The summed E-state index contributed by atoms with van der Waals surface area (Å²) in [4.78, 5) is 14.5. The Hall–Kier alpha value is -2.68. The zero-order chi connectivity index (χ0) is 16.9. The van der Waals surface area contributed by atoms with E-state index in [1.165, 1.54) is 0 Å². The highest BCUT2D eigenvalue weighted by atomic mass is 16.2. The van der Waals surface area contributed by atoms with Gasteiger partial charge in [-0.15, -0.1) is 10.2 Å². The number of carbonyl (C=O) groups is 1. The highest BCUT2D eigenvalue weighted by molar-refractivity contribution is 5.76. The van der Waals surface area contributed by atoms with Gasteiger partial charge in [0.05, 0.1) is 11.6 Å². The Morgan fingerprint density at radius 2 is 2.17 bits per heavy atom. The summed E-state index contributed by atoms with van der Waals surface area (Å²) in [5.41, 5.74) is 1.73. The van der Waals surface area contributed by atoms with Crippen LogP contribution in [-0.2, 0) is 18.3 Å². The third kappa shape index (κ3) is 3.62. The van der Waals surface area contributed by atoms with Crippen molar-refractivity contribution in [3.8, 4) is 6.07 Å². The summed E-state index contributed by atoms with van der Waals surface area (Å²) in [6, 6.07) is 9.54. The molecule has 1 aliphatic heterocycles. The molecule has 2 heterocycles. The number of hydrogen-bond donors (Lipinski definition) is 0. The number of likely N-dealkylation sites (tertiary alicyclic amines) is 1. The van der Waals surface area contributed by atoms with E-state index in [1.807, 2.05) is 28.6 Å². The fraction of sp³-hybridized carbons (Fsp3) is 0.444. The molecule has 124 valence electrons. The normalized spacial score (nSPS) is 17.5. The number of carbonyl (C=O) groups excluding carboxylic acids is 1. The first-order valence-corrected chi connectivity index (χ1v) is 8.28. The van der Waals surface area contributed by atoms with Gasteiger partial charge in [-0.1, -0.05) is 12.1 Å². The minimum absolute atomic E-state index is 0.186. The van der Waals surface area contributed by atoms with Gasteiger partial charge in [0.2, 0.25) is 5.91 Å². The van der Waals surface area contributed by atoms with Crippen LogP contribution >= 0.6 is 0 Å². The van der Waals surface area contributed by atoms with Gasteiger partial charge >= 0.3 is 0 Å². The summed E-state index contributed by atoms with van der Waals surface area (Å²) < 4.78 is 1.94. The number of nitriles is 1. The van der Waals surface area contributed by atoms with Crippen LogP contribution < -0.4 is 0 Å². The van der Waals surface area contributed by atoms with Crippen LogP contribution in [0.15, 0.2) is 30.6 Å². The maximum atomic E-state index is 12.5. The molecular formula is C18H21N5O. The largest absolute Gasteiger partial charge is 0.342 e. The van der Waals surface area contributed by atoms with Crippen molar-refractivity contribution in [2.75, 3.05) is 13.1 Å². The Bertz CT molecular complexity index is 744. The van der Waals surface area contributed by atoms with E-state index in [-0.39, 0.29) is 11.8 Å². The SMILES string of the molecule is Cn1cnnc1C1CCCN(C(=O)CCc2ccc(C#N)cc2)C1. The molecule has 1 unspecified atom stereocenters. The summed E-state index contributed by atoms with van der Waals surface area (Å²) in [5, 5.41) is 17.0. The molecule has 0 N–H and O–H groups in total. The predicted molar refractivity (Wildman–Crippen MR) is 89.0 cm³/mol. The van der Waals surface area contributed by atoms with Crippen molar-refractivity contribution in [3.63, 3.8) is 0 Å². The molecular weight excluding hydrogens is 302 g/mol. The Morgan fingerprint density at radius 1 is 1.38 bits per heavy atom. The van der Waals surface area contributed by atoms with Gasteiger partial charge in [-0.2, -0.15) is 5.26 Å². The standard InChI is InChI=1S/C18H21N5O/c1-22-13-20-21-18(22)16-3-2-10-23(12-16)17(24)9-8-14-4-6-15(11-19)7-5-14/h4-7,13,16H,2-3,8-10,12H2,1H3. The van der Waals surface area contributed by atoms with Crippen LogP contribution in [-0.4, -0.2) is 38.7 Å². The van der Waals surface area contributed by atoms with E-state index in [0.29, 0.717) is 18.4 Å². The van der Waals surface area contributed by atoms with Crippen LogP contribution in [0.2, 0.25) is 0 Å². The van der Waals surface area contributed by atoms with E-state index in [0.717, 1.165) is 37.3 Å². The molecule has 0 aliphatic carbocycles. The molecule has 1 aromatic carbocycles. The molecule has 24 heavy (non-hydrogen) atoms. The molecule has 2 aromatic rings. The fourth-order valence-electron chi connectivity index (χ4n) is 3.23. The number of aryl methyl sites for hydroxylation is 2. The van der Waals surface area contributed by atoms with Gasteiger partial charge in [0.1, 0.15) is 12.2 Å². The second-order valence-corrected chi connectivity index (χ2v) is 6.29. The summed E-state index contributed by atoms with van der Waals surface area (Å²) in [7, 11) is 1.95. The zero-order valence-electron chi connectivity index (χ0n) is 13.9. The summed E-state index contributed by atoms with van der Waals surface area (Å²) >= 11 is 0. The number of rotatable bonds is 4. The van der Waals surface area contributed by atoms with E-state index < -0.39 is 0 Å². The van der Waals surface area contributed by atoms with Gasteiger partial charge in [0.15, 0.2) is 0 Å². The molecule has 1 amide bonds. The lowest BCUT2D eigenvalue weighted by Crippen LogP contribution is -2.39. The average molecular weight is 323 g/mol. The lowest BCUT2D eigenvalue weighted by atomic mass is 9.96. The van der Waals surface area contributed by atoms with E-state index in [2.05, 4.69) is 16.3 Å². The first-order chi connectivity index (χ1) is 11.7. The van der Waals surface area contributed by atoms with Crippen LogP contribution in [0.5, 0.6) is 0 Å². The first-order valence-electron chi connectivity index (χ1n) is 8.28. The lowest BCUT2D eigenvalue weighted by molar-refractivity contribution is -0.132. The molecule has 0 bridgehead atoms. The third-order valence-electron chi connectivity index (χ3n) is 4.60. The molecule has 3 rings (SSSR count). The second kappa shape index (κ2) is 7.26. The Kier molecular flexibility index (Phi) is 4.90. The van der Waals surface area contributed by atoms with Gasteiger partial charge < -0.3 is 9.47 Å². The van der Waals surface area contributed by atoms with Crippen LogP contribution in [0.4, 0.5) is 0 Å². The number of hydrogen-bond acceptors (Lipinski definition) is 4. The van der Waals surface area contributed by atoms with Gasteiger partial charge in [-0.05, 0) is 37.0 Å². The number of benzene rings is 1. The number of amides is 1. The predicted octanol–water partition coefficient (Wildman–Crippen LogP) is 2.03. The van der Waals surface area contributed by atoms with Gasteiger partial charge in [-0.25, -0.2) is 0 Å². The molecule has 1 fully saturated rings. The summed E-state index contributed by atoms with van der Waals surface area (Å²) in [6.07, 6.45) is 4.96.